The Bertz CT molecular complexity index is 856. The molecule has 0 aromatic carbocycles. The summed E-state index contributed by atoms with van der Waals surface area (Å²) in [6.07, 6.45) is 17.5. The molecular formula is C31H48O2. The first-order valence-corrected chi connectivity index (χ1v) is 13.8. The third-order valence-electron chi connectivity index (χ3n) is 10.8. The number of hydrogen-bond donors (Lipinski definition) is 0. The summed E-state index contributed by atoms with van der Waals surface area (Å²) < 4.78 is 5.49. The first-order valence-electron chi connectivity index (χ1n) is 13.8. The number of fused-ring (bicyclic) bond motifs is 5. The van der Waals surface area contributed by atoms with Crippen LogP contribution in [-0.4, -0.2) is 5.97 Å². The van der Waals surface area contributed by atoms with Crippen molar-refractivity contribution in [3.05, 3.63) is 34.6 Å². The smallest absolute Gasteiger partial charge is 0.307 e. The highest BCUT2D eigenvalue weighted by molar-refractivity contribution is 5.67. The molecular weight excluding hydrogens is 404 g/mol. The molecule has 0 radical (unpaired) electrons. The zero-order valence-corrected chi connectivity index (χ0v) is 22.4. The highest BCUT2D eigenvalue weighted by atomic mass is 16.5. The molecule has 4 aliphatic carbocycles. The molecule has 0 aliphatic heterocycles. The molecule has 0 aromatic heterocycles. The lowest BCUT2D eigenvalue weighted by Crippen LogP contribution is -2.49. The lowest BCUT2D eigenvalue weighted by Gasteiger charge is -2.57. The molecule has 0 amide bonds. The second-order valence-electron chi connectivity index (χ2n) is 12.6. The minimum atomic E-state index is -0.186. The largest absolute Gasteiger partial charge is 0.431 e. The van der Waals surface area contributed by atoms with Gasteiger partial charge in [0, 0.05) is 13.3 Å². The van der Waals surface area contributed by atoms with Crippen LogP contribution in [0.3, 0.4) is 0 Å². The maximum Gasteiger partial charge on any atom is 0.307 e. The summed E-state index contributed by atoms with van der Waals surface area (Å²) in [5, 5.41) is 0. The van der Waals surface area contributed by atoms with Gasteiger partial charge >= 0.3 is 5.97 Å². The molecule has 0 bridgehead atoms. The summed E-state index contributed by atoms with van der Waals surface area (Å²) in [6, 6.07) is 0. The van der Waals surface area contributed by atoms with Crippen LogP contribution < -0.4 is 0 Å². The Morgan fingerprint density at radius 3 is 2.55 bits per heavy atom. The topological polar surface area (TPSA) is 26.3 Å². The number of hydrogen-bond acceptors (Lipinski definition) is 2. The molecule has 7 atom stereocenters. The molecule has 2 fully saturated rings. The van der Waals surface area contributed by atoms with Crippen molar-refractivity contribution >= 4 is 5.97 Å². The molecule has 0 aromatic rings. The van der Waals surface area contributed by atoms with Crippen LogP contribution in [0.1, 0.15) is 113 Å². The minimum Gasteiger partial charge on any atom is -0.431 e. The summed E-state index contributed by atoms with van der Waals surface area (Å²) >= 11 is 0. The van der Waals surface area contributed by atoms with Crippen LogP contribution in [0.5, 0.6) is 0 Å². The predicted octanol–water partition coefficient (Wildman–Crippen LogP) is 8.79. The maximum absolute atomic E-state index is 11.5. The molecule has 184 valence electrons. The van der Waals surface area contributed by atoms with Gasteiger partial charge in [0.1, 0.15) is 5.76 Å². The van der Waals surface area contributed by atoms with Gasteiger partial charge < -0.3 is 4.74 Å². The fourth-order valence-corrected chi connectivity index (χ4v) is 8.92. The molecule has 0 heterocycles. The van der Waals surface area contributed by atoms with E-state index in [2.05, 4.69) is 53.7 Å². The first kappa shape index (κ1) is 24.8. The number of allylic oxidation sites excluding steroid dienone is 6. The fourth-order valence-electron chi connectivity index (χ4n) is 8.92. The summed E-state index contributed by atoms with van der Waals surface area (Å²) in [4.78, 5) is 11.5. The normalized spacial score (nSPS) is 38.3. The van der Waals surface area contributed by atoms with Crippen molar-refractivity contribution in [1.82, 2.24) is 0 Å². The maximum atomic E-state index is 11.5. The lowest BCUT2D eigenvalue weighted by atomic mass is 9.47. The van der Waals surface area contributed by atoms with Crippen LogP contribution in [0.25, 0.3) is 0 Å². The Labute approximate surface area is 203 Å². The zero-order valence-electron chi connectivity index (χ0n) is 22.4. The Kier molecular flexibility index (Phi) is 7.05. The van der Waals surface area contributed by atoms with Gasteiger partial charge in [0.05, 0.1) is 0 Å². The van der Waals surface area contributed by atoms with Crippen molar-refractivity contribution in [3.8, 4) is 0 Å². The molecule has 4 rings (SSSR count). The van der Waals surface area contributed by atoms with Crippen LogP contribution in [-0.2, 0) is 9.53 Å². The summed E-state index contributed by atoms with van der Waals surface area (Å²) in [7, 11) is 0. The monoisotopic (exact) mass is 452 g/mol. The van der Waals surface area contributed by atoms with Crippen molar-refractivity contribution in [1.29, 1.82) is 0 Å². The van der Waals surface area contributed by atoms with Gasteiger partial charge in [0.25, 0.3) is 0 Å². The molecule has 0 saturated heterocycles. The van der Waals surface area contributed by atoms with Gasteiger partial charge in [-0.15, -0.1) is 0 Å². The fraction of sp³-hybridized carbons (Fsp3) is 0.774. The van der Waals surface area contributed by atoms with Crippen LogP contribution >= 0.6 is 0 Å². The summed E-state index contributed by atoms with van der Waals surface area (Å²) in [5.41, 5.74) is 5.45. The van der Waals surface area contributed by atoms with Crippen LogP contribution in [0.2, 0.25) is 0 Å². The molecule has 4 aliphatic rings. The SMILES string of the molecule is CCC(CC[C@@H](C)[C@H]1CC[C@H]2[C@@H]3CC=C4C=C(OC(C)=O)CC[C@]4(C)[C@H]3CC[C@]12C)=C(C)C. The van der Waals surface area contributed by atoms with Crippen molar-refractivity contribution in [2.75, 3.05) is 0 Å². The standard InChI is InChI=1S/C31H48O2/c1-8-23(20(2)3)10-9-21(4)27-13-14-28-26-12-11-24-19-25(33-22(5)32)15-17-30(24,6)29(26)16-18-31(27,28)7/h11,19,21,26-29H,8-10,12-18H2,1-7H3/t21-,26+,27-,28+,29+,30+,31-/m1/s1. The van der Waals surface area contributed by atoms with Crippen molar-refractivity contribution in [3.63, 3.8) is 0 Å². The van der Waals surface area contributed by atoms with E-state index in [9.17, 15) is 4.79 Å². The van der Waals surface area contributed by atoms with E-state index in [1.165, 1.54) is 69.4 Å². The molecule has 2 nitrogen and oxygen atoms in total. The van der Waals surface area contributed by atoms with E-state index in [1.54, 1.807) is 5.57 Å². The van der Waals surface area contributed by atoms with Crippen LogP contribution in [0.15, 0.2) is 34.6 Å². The molecule has 2 heteroatoms. The van der Waals surface area contributed by atoms with Gasteiger partial charge in [0.2, 0.25) is 0 Å². The highest BCUT2D eigenvalue weighted by Gasteiger charge is 2.58. The second-order valence-corrected chi connectivity index (χ2v) is 12.6. The van der Waals surface area contributed by atoms with E-state index < -0.39 is 0 Å². The third-order valence-corrected chi connectivity index (χ3v) is 10.8. The highest BCUT2D eigenvalue weighted by Crippen LogP contribution is 2.67. The average Bonchev–Trinajstić information content (AvgIpc) is 3.11. The van der Waals surface area contributed by atoms with Gasteiger partial charge in [-0.25, -0.2) is 0 Å². The van der Waals surface area contributed by atoms with E-state index in [1.807, 2.05) is 0 Å². The van der Waals surface area contributed by atoms with E-state index in [0.717, 1.165) is 48.2 Å². The van der Waals surface area contributed by atoms with Gasteiger partial charge in [-0.2, -0.15) is 0 Å². The van der Waals surface area contributed by atoms with Crippen molar-refractivity contribution in [2.45, 2.75) is 113 Å². The second kappa shape index (κ2) is 9.38. The molecule has 0 spiro atoms. The Morgan fingerprint density at radius 1 is 1.12 bits per heavy atom. The van der Waals surface area contributed by atoms with Gasteiger partial charge in [-0.3, -0.25) is 4.79 Å². The third kappa shape index (κ3) is 4.41. The van der Waals surface area contributed by atoms with Gasteiger partial charge in [-0.1, -0.05) is 44.9 Å². The van der Waals surface area contributed by atoms with E-state index >= 15 is 0 Å². The average molecular weight is 453 g/mol. The van der Waals surface area contributed by atoms with E-state index in [-0.39, 0.29) is 11.4 Å². The first-order chi connectivity index (χ1) is 15.6. The van der Waals surface area contributed by atoms with Gasteiger partial charge in [0.15, 0.2) is 0 Å². The predicted molar refractivity (Wildman–Crippen MR) is 137 cm³/mol. The number of carbonyl (C=O) groups excluding carboxylic acids is 1. The minimum absolute atomic E-state index is 0.186. The van der Waals surface area contributed by atoms with Gasteiger partial charge in [-0.05, 0) is 124 Å². The molecule has 0 N–H and O–H groups in total. The Morgan fingerprint density at radius 2 is 1.88 bits per heavy atom. The Balaban J connectivity index is 1.50. The zero-order chi connectivity index (χ0) is 24.0. The molecule has 33 heavy (non-hydrogen) atoms. The quantitative estimate of drug-likeness (QED) is 0.297. The molecule has 0 unspecified atom stereocenters. The lowest BCUT2D eigenvalue weighted by molar-refractivity contribution is -0.137. The van der Waals surface area contributed by atoms with Crippen molar-refractivity contribution < 1.29 is 9.53 Å². The van der Waals surface area contributed by atoms with Crippen LogP contribution in [0.4, 0.5) is 0 Å². The molecule has 2 saturated carbocycles. The van der Waals surface area contributed by atoms with Crippen molar-refractivity contribution in [2.24, 2.45) is 40.4 Å². The number of esters is 1. The summed E-state index contributed by atoms with van der Waals surface area (Å²) in [6.45, 7) is 16.2. The number of carbonyl (C=O) groups is 1. The van der Waals surface area contributed by atoms with E-state index in [0.29, 0.717) is 5.41 Å². The summed E-state index contributed by atoms with van der Waals surface area (Å²) in [5.74, 6) is 4.91. The number of rotatable bonds is 6. The van der Waals surface area contributed by atoms with Crippen LogP contribution in [0, 0.1) is 40.4 Å². The van der Waals surface area contributed by atoms with E-state index in [4.69, 9.17) is 4.74 Å². The number of ether oxygens (including phenoxy) is 1. The Hall–Kier alpha value is -1.31.